The average Bonchev–Trinajstić information content (AvgIpc) is 3.13. The van der Waals surface area contributed by atoms with Crippen LogP contribution in [0.2, 0.25) is 0 Å². The van der Waals surface area contributed by atoms with Gasteiger partial charge in [-0.05, 0) is 18.8 Å². The van der Waals surface area contributed by atoms with Crippen LogP contribution in [0.25, 0.3) is 0 Å². The number of carboxylic acids is 1. The van der Waals surface area contributed by atoms with Gasteiger partial charge in [0, 0.05) is 18.1 Å². The van der Waals surface area contributed by atoms with E-state index in [-0.39, 0.29) is 25.0 Å². The first kappa shape index (κ1) is 13.7. The average molecular weight is 273 g/mol. The fraction of sp³-hybridized carbons (Fsp3) is 0.833. The first-order valence-corrected chi connectivity index (χ1v) is 7.49. The largest absolute Gasteiger partial charge is 0.481 e. The van der Waals surface area contributed by atoms with Crippen LogP contribution in [0.15, 0.2) is 0 Å². The molecule has 0 radical (unpaired) electrons. The minimum Gasteiger partial charge on any atom is -0.481 e. The Balaban J connectivity index is 1.78. The maximum absolute atomic E-state index is 12.0. The minimum absolute atomic E-state index is 0.0291. The number of aliphatic carboxylic acids is 1. The molecule has 1 saturated heterocycles. The van der Waals surface area contributed by atoms with Crippen LogP contribution in [0.5, 0.6) is 0 Å². The number of thioether (sulfide) groups is 1. The molecule has 102 valence electrons. The molecule has 1 unspecified atom stereocenters. The van der Waals surface area contributed by atoms with Crippen LogP contribution in [-0.2, 0) is 14.3 Å². The van der Waals surface area contributed by atoms with Gasteiger partial charge in [0.1, 0.15) is 6.61 Å². The third kappa shape index (κ3) is 4.17. The molecule has 1 aliphatic heterocycles. The highest BCUT2D eigenvalue weighted by atomic mass is 32.2. The van der Waals surface area contributed by atoms with Gasteiger partial charge >= 0.3 is 5.97 Å². The predicted octanol–water partition coefficient (Wildman–Crippen LogP) is 0.832. The van der Waals surface area contributed by atoms with Crippen LogP contribution in [0.4, 0.5) is 0 Å². The molecule has 2 aliphatic rings. The van der Waals surface area contributed by atoms with Gasteiger partial charge in [-0.3, -0.25) is 9.59 Å². The van der Waals surface area contributed by atoms with Crippen molar-refractivity contribution in [2.24, 2.45) is 5.92 Å². The maximum Gasteiger partial charge on any atom is 0.305 e. The van der Waals surface area contributed by atoms with Crippen molar-refractivity contribution in [3.05, 3.63) is 0 Å². The zero-order valence-corrected chi connectivity index (χ0v) is 11.2. The highest BCUT2D eigenvalue weighted by Gasteiger charge is 2.29. The quantitative estimate of drug-likeness (QED) is 0.776. The van der Waals surface area contributed by atoms with Crippen molar-refractivity contribution in [1.29, 1.82) is 0 Å². The van der Waals surface area contributed by atoms with E-state index >= 15 is 0 Å². The number of ether oxygens (including phenoxy) is 1. The van der Waals surface area contributed by atoms with Crippen LogP contribution in [0.1, 0.15) is 19.3 Å². The molecule has 18 heavy (non-hydrogen) atoms. The summed E-state index contributed by atoms with van der Waals surface area (Å²) in [5.41, 5.74) is 0. The van der Waals surface area contributed by atoms with Crippen molar-refractivity contribution in [3.8, 4) is 0 Å². The summed E-state index contributed by atoms with van der Waals surface area (Å²) in [6, 6.07) is -0.182. The number of nitrogens with zero attached hydrogens (tertiary/aromatic N) is 1. The molecule has 2 fully saturated rings. The number of hydrogen-bond acceptors (Lipinski definition) is 4. The van der Waals surface area contributed by atoms with E-state index in [1.165, 1.54) is 12.8 Å². The van der Waals surface area contributed by atoms with Crippen molar-refractivity contribution in [3.63, 3.8) is 0 Å². The highest BCUT2D eigenvalue weighted by molar-refractivity contribution is 7.99. The van der Waals surface area contributed by atoms with Gasteiger partial charge in [0.2, 0.25) is 5.91 Å². The molecule has 0 bridgehead atoms. The Morgan fingerprint density at radius 2 is 2.17 bits per heavy atom. The summed E-state index contributed by atoms with van der Waals surface area (Å²) in [4.78, 5) is 24.4. The maximum atomic E-state index is 12.0. The van der Waals surface area contributed by atoms with Crippen LogP contribution >= 0.6 is 11.8 Å². The number of hydrogen-bond donors (Lipinski definition) is 1. The first-order valence-electron chi connectivity index (χ1n) is 6.33. The number of carbonyl (C=O) groups is 2. The van der Waals surface area contributed by atoms with Gasteiger partial charge in [-0.1, -0.05) is 0 Å². The highest BCUT2D eigenvalue weighted by Crippen LogP contribution is 2.28. The zero-order chi connectivity index (χ0) is 13.0. The van der Waals surface area contributed by atoms with Crippen molar-refractivity contribution >= 4 is 23.6 Å². The van der Waals surface area contributed by atoms with E-state index in [9.17, 15) is 9.59 Å². The second kappa shape index (κ2) is 6.43. The topological polar surface area (TPSA) is 66.8 Å². The summed E-state index contributed by atoms with van der Waals surface area (Å²) < 4.78 is 5.38. The molecular weight excluding hydrogens is 254 g/mol. The molecular formula is C12H19NO4S. The molecule has 5 nitrogen and oxygen atoms in total. The molecule has 1 aliphatic carbocycles. The summed E-state index contributed by atoms with van der Waals surface area (Å²) in [6.45, 7) is 1.39. The van der Waals surface area contributed by atoms with Crippen LogP contribution < -0.4 is 0 Å². The molecule has 0 aromatic heterocycles. The Labute approximate surface area is 111 Å². The SMILES string of the molecule is O=C(O)CC1CSCCN1C(=O)COCC1CC1. The van der Waals surface area contributed by atoms with Crippen molar-refractivity contribution in [2.75, 3.05) is 31.3 Å². The lowest BCUT2D eigenvalue weighted by Crippen LogP contribution is -2.48. The molecule has 6 heteroatoms. The Hall–Kier alpha value is -0.750. The van der Waals surface area contributed by atoms with E-state index in [2.05, 4.69) is 0 Å². The summed E-state index contributed by atoms with van der Waals surface area (Å²) in [6.07, 6.45) is 2.44. The number of carbonyl (C=O) groups excluding carboxylic acids is 1. The van der Waals surface area contributed by atoms with Crippen molar-refractivity contribution in [1.82, 2.24) is 4.90 Å². The number of carboxylic acid groups (broad SMARTS) is 1. The normalized spacial score (nSPS) is 24.0. The molecule has 1 atom stereocenters. The van der Waals surface area contributed by atoms with Crippen LogP contribution in [-0.4, -0.2) is 59.2 Å². The molecule has 0 aromatic carbocycles. The van der Waals surface area contributed by atoms with Gasteiger partial charge in [-0.2, -0.15) is 11.8 Å². The first-order chi connectivity index (χ1) is 8.66. The van der Waals surface area contributed by atoms with Gasteiger partial charge in [0.25, 0.3) is 0 Å². The van der Waals surface area contributed by atoms with Gasteiger partial charge in [-0.15, -0.1) is 0 Å². The zero-order valence-electron chi connectivity index (χ0n) is 10.3. The van der Waals surface area contributed by atoms with E-state index in [0.29, 0.717) is 24.8 Å². The standard InChI is InChI=1S/C12H19NO4S/c14-11(7-17-6-9-1-2-9)13-3-4-18-8-10(13)5-12(15)16/h9-10H,1-8H2,(H,15,16). The molecule has 2 rings (SSSR count). The second-order valence-electron chi connectivity index (χ2n) is 4.87. The molecule has 1 amide bonds. The van der Waals surface area contributed by atoms with E-state index in [4.69, 9.17) is 9.84 Å². The summed E-state index contributed by atoms with van der Waals surface area (Å²) >= 11 is 1.71. The van der Waals surface area contributed by atoms with Gasteiger partial charge in [-0.25, -0.2) is 0 Å². The van der Waals surface area contributed by atoms with E-state index < -0.39 is 5.97 Å². The molecule has 1 heterocycles. The molecule has 1 saturated carbocycles. The number of rotatable bonds is 6. The van der Waals surface area contributed by atoms with Gasteiger partial charge in [0.05, 0.1) is 19.1 Å². The second-order valence-corrected chi connectivity index (χ2v) is 6.02. The Morgan fingerprint density at radius 1 is 1.39 bits per heavy atom. The lowest BCUT2D eigenvalue weighted by Gasteiger charge is -2.34. The summed E-state index contributed by atoms with van der Waals surface area (Å²) in [5.74, 6) is 1.32. The monoisotopic (exact) mass is 273 g/mol. The minimum atomic E-state index is -0.848. The van der Waals surface area contributed by atoms with E-state index in [1.54, 1.807) is 16.7 Å². The smallest absolute Gasteiger partial charge is 0.305 e. The lowest BCUT2D eigenvalue weighted by atomic mass is 10.2. The lowest BCUT2D eigenvalue weighted by molar-refractivity contribution is -0.142. The Morgan fingerprint density at radius 3 is 2.83 bits per heavy atom. The number of amides is 1. The molecule has 1 N–H and O–H groups in total. The fourth-order valence-electron chi connectivity index (χ4n) is 2.03. The van der Waals surface area contributed by atoms with Crippen molar-refractivity contribution < 1.29 is 19.4 Å². The van der Waals surface area contributed by atoms with Crippen LogP contribution in [0.3, 0.4) is 0 Å². The van der Waals surface area contributed by atoms with E-state index in [0.717, 1.165) is 5.75 Å². The third-order valence-electron chi connectivity index (χ3n) is 3.23. The fourth-order valence-corrected chi connectivity index (χ4v) is 3.10. The molecule has 0 aromatic rings. The summed E-state index contributed by atoms with van der Waals surface area (Å²) in [5, 5.41) is 8.84. The predicted molar refractivity (Wildman–Crippen MR) is 68.6 cm³/mol. The van der Waals surface area contributed by atoms with E-state index in [1.807, 2.05) is 0 Å². The van der Waals surface area contributed by atoms with Gasteiger partial charge in [0.15, 0.2) is 0 Å². The summed E-state index contributed by atoms with van der Waals surface area (Å²) in [7, 11) is 0. The van der Waals surface area contributed by atoms with Gasteiger partial charge < -0.3 is 14.7 Å². The Bertz CT molecular complexity index is 319. The van der Waals surface area contributed by atoms with Crippen molar-refractivity contribution in [2.45, 2.75) is 25.3 Å². The Kier molecular flexibility index (Phi) is 4.88. The molecule has 0 spiro atoms. The third-order valence-corrected chi connectivity index (χ3v) is 4.33. The van der Waals surface area contributed by atoms with Crippen LogP contribution in [0, 0.1) is 5.92 Å².